The van der Waals surface area contributed by atoms with Gasteiger partial charge in [-0.2, -0.15) is 0 Å². The fraction of sp³-hybridized carbons (Fsp3) is 0.462. The number of nitro benzene ring substituents is 1. The summed E-state index contributed by atoms with van der Waals surface area (Å²) in [6.07, 6.45) is 0. The molecule has 2 unspecified atom stereocenters. The summed E-state index contributed by atoms with van der Waals surface area (Å²) in [4.78, 5) is 22.2. The number of hydrogen-bond acceptors (Lipinski definition) is 5. The quantitative estimate of drug-likeness (QED) is 0.569. The normalized spacial score (nSPS) is 13.6. The molecule has 0 aliphatic rings. The van der Waals surface area contributed by atoms with Gasteiger partial charge in [0.1, 0.15) is 0 Å². The van der Waals surface area contributed by atoms with Crippen molar-refractivity contribution in [2.45, 2.75) is 18.9 Å². The van der Waals surface area contributed by atoms with E-state index in [1.807, 2.05) is 0 Å². The van der Waals surface area contributed by atoms with Gasteiger partial charge in [-0.05, 0) is 12.5 Å². The Bertz CT molecular complexity index is 478. The Balaban J connectivity index is 2.78. The molecule has 0 bridgehead atoms. The van der Waals surface area contributed by atoms with Crippen LogP contribution in [0.25, 0.3) is 0 Å². The van der Waals surface area contributed by atoms with Crippen LogP contribution in [-0.4, -0.2) is 42.3 Å². The van der Waals surface area contributed by atoms with Crippen molar-refractivity contribution < 1.29 is 19.6 Å². The van der Waals surface area contributed by atoms with Crippen molar-refractivity contribution in [2.24, 2.45) is 0 Å². The van der Waals surface area contributed by atoms with Gasteiger partial charge >= 0.3 is 0 Å². The second kappa shape index (κ2) is 7.56. The highest BCUT2D eigenvalue weighted by Crippen LogP contribution is 2.20. The zero-order valence-electron chi connectivity index (χ0n) is 11.4. The molecule has 0 spiro atoms. The maximum atomic E-state index is 12.0. The maximum Gasteiger partial charge on any atom is 0.269 e. The number of rotatable bonds is 7. The highest BCUT2D eigenvalue weighted by molar-refractivity contribution is 5.83. The van der Waals surface area contributed by atoms with Gasteiger partial charge < -0.3 is 15.2 Å². The number of aliphatic hydroxyl groups is 1. The van der Waals surface area contributed by atoms with Crippen molar-refractivity contribution in [3.05, 3.63) is 39.9 Å². The predicted molar refractivity (Wildman–Crippen MR) is 72.4 cm³/mol. The number of ether oxygens (including phenoxy) is 1. The van der Waals surface area contributed by atoms with Crippen molar-refractivity contribution in [1.82, 2.24) is 5.32 Å². The van der Waals surface area contributed by atoms with E-state index in [2.05, 4.69) is 5.32 Å². The third kappa shape index (κ3) is 4.29. The number of amides is 1. The molecule has 0 aliphatic heterocycles. The topological polar surface area (TPSA) is 102 Å². The fourth-order valence-corrected chi connectivity index (χ4v) is 1.73. The molecule has 1 rings (SSSR count). The summed E-state index contributed by atoms with van der Waals surface area (Å²) in [7, 11) is 1.47. The lowest BCUT2D eigenvalue weighted by molar-refractivity contribution is -0.384. The van der Waals surface area contributed by atoms with Crippen LogP contribution >= 0.6 is 0 Å². The molecule has 7 heteroatoms. The number of methoxy groups -OCH3 is 1. The molecule has 0 fully saturated rings. The van der Waals surface area contributed by atoms with Crippen LogP contribution in [0.5, 0.6) is 0 Å². The Morgan fingerprint density at radius 1 is 1.55 bits per heavy atom. The monoisotopic (exact) mass is 282 g/mol. The van der Waals surface area contributed by atoms with Gasteiger partial charge in [0, 0.05) is 19.2 Å². The van der Waals surface area contributed by atoms with E-state index in [1.54, 1.807) is 13.0 Å². The molecule has 2 N–H and O–H groups in total. The number of aliphatic hydroxyl groups excluding tert-OH is 1. The molecule has 20 heavy (non-hydrogen) atoms. The number of benzene rings is 1. The van der Waals surface area contributed by atoms with Gasteiger partial charge in [0.05, 0.1) is 30.1 Å². The van der Waals surface area contributed by atoms with Gasteiger partial charge in [-0.25, -0.2) is 0 Å². The molecule has 0 saturated carbocycles. The maximum absolute atomic E-state index is 12.0. The fourth-order valence-electron chi connectivity index (χ4n) is 1.73. The molecule has 0 heterocycles. The first kappa shape index (κ1) is 16.1. The largest absolute Gasteiger partial charge is 0.394 e. The minimum atomic E-state index is -0.555. The average molecular weight is 282 g/mol. The van der Waals surface area contributed by atoms with E-state index in [0.717, 1.165) is 0 Å². The number of nitro groups is 1. The highest BCUT2D eigenvalue weighted by atomic mass is 16.6. The van der Waals surface area contributed by atoms with Crippen LogP contribution in [0.15, 0.2) is 24.3 Å². The van der Waals surface area contributed by atoms with Crippen LogP contribution in [-0.2, 0) is 9.53 Å². The summed E-state index contributed by atoms with van der Waals surface area (Å²) in [6, 6.07) is 5.44. The lowest BCUT2D eigenvalue weighted by Gasteiger charge is -2.18. The Morgan fingerprint density at radius 3 is 2.80 bits per heavy atom. The van der Waals surface area contributed by atoms with Gasteiger partial charge in [0.25, 0.3) is 5.69 Å². The van der Waals surface area contributed by atoms with E-state index in [4.69, 9.17) is 9.84 Å². The van der Waals surface area contributed by atoms with Gasteiger partial charge in [-0.15, -0.1) is 0 Å². The first-order valence-corrected chi connectivity index (χ1v) is 6.14. The first-order valence-electron chi connectivity index (χ1n) is 6.14. The second-order valence-electron chi connectivity index (χ2n) is 4.42. The smallest absolute Gasteiger partial charge is 0.269 e. The summed E-state index contributed by atoms with van der Waals surface area (Å²) in [6.45, 7) is 1.61. The van der Waals surface area contributed by atoms with E-state index in [-0.39, 0.29) is 24.8 Å². The van der Waals surface area contributed by atoms with Crippen LogP contribution in [0.2, 0.25) is 0 Å². The highest BCUT2D eigenvalue weighted by Gasteiger charge is 2.20. The molecule has 7 nitrogen and oxygen atoms in total. The number of carbonyl (C=O) groups excluding carboxylic acids is 1. The molecule has 1 aromatic carbocycles. The lowest BCUT2D eigenvalue weighted by Crippen LogP contribution is -2.42. The predicted octanol–water partition coefficient (Wildman–Crippen LogP) is 0.822. The molecule has 1 amide bonds. The van der Waals surface area contributed by atoms with Gasteiger partial charge in [0.2, 0.25) is 5.91 Å². The minimum absolute atomic E-state index is 0.0576. The zero-order chi connectivity index (χ0) is 15.1. The van der Waals surface area contributed by atoms with Crippen molar-refractivity contribution in [3.63, 3.8) is 0 Å². The average Bonchev–Trinajstić information content (AvgIpc) is 2.45. The molecule has 0 saturated heterocycles. The van der Waals surface area contributed by atoms with E-state index in [1.165, 1.54) is 25.3 Å². The van der Waals surface area contributed by atoms with E-state index >= 15 is 0 Å². The molecular formula is C13H18N2O5. The zero-order valence-corrected chi connectivity index (χ0v) is 11.4. The molecule has 1 aromatic rings. The molecule has 0 aliphatic carbocycles. The van der Waals surface area contributed by atoms with Crippen LogP contribution in [0.3, 0.4) is 0 Å². The molecular weight excluding hydrogens is 264 g/mol. The van der Waals surface area contributed by atoms with Gasteiger partial charge in [-0.1, -0.05) is 12.1 Å². The number of nitrogens with one attached hydrogen (secondary N) is 1. The van der Waals surface area contributed by atoms with Crippen LogP contribution in [0.4, 0.5) is 5.69 Å². The number of carbonyl (C=O) groups is 1. The van der Waals surface area contributed by atoms with Crippen LogP contribution in [0.1, 0.15) is 18.4 Å². The van der Waals surface area contributed by atoms with E-state index in [0.29, 0.717) is 5.56 Å². The Kier molecular flexibility index (Phi) is 6.08. The molecule has 0 aromatic heterocycles. The number of nitrogens with zero attached hydrogens (tertiary/aromatic N) is 1. The van der Waals surface area contributed by atoms with Crippen molar-refractivity contribution in [3.8, 4) is 0 Å². The van der Waals surface area contributed by atoms with Crippen LogP contribution in [0, 0.1) is 10.1 Å². The van der Waals surface area contributed by atoms with E-state index in [9.17, 15) is 14.9 Å². The van der Waals surface area contributed by atoms with Crippen molar-refractivity contribution >= 4 is 11.6 Å². The number of non-ortho nitro benzene ring substituents is 1. The third-order valence-electron chi connectivity index (χ3n) is 2.91. The van der Waals surface area contributed by atoms with E-state index < -0.39 is 16.9 Å². The van der Waals surface area contributed by atoms with Gasteiger partial charge in [0.15, 0.2) is 0 Å². The van der Waals surface area contributed by atoms with Crippen LogP contribution < -0.4 is 5.32 Å². The SMILES string of the molecule is COCC(CO)NC(=O)C(C)c1cccc([N+](=O)[O-])c1. The summed E-state index contributed by atoms with van der Waals surface area (Å²) in [5.41, 5.74) is 0.489. The van der Waals surface area contributed by atoms with Gasteiger partial charge in [-0.3, -0.25) is 14.9 Å². The molecule has 110 valence electrons. The standard InChI is InChI=1S/C13H18N2O5/c1-9(13(17)14-11(7-16)8-20-2)10-4-3-5-12(6-10)15(18)19/h3-6,9,11,16H,7-8H2,1-2H3,(H,14,17). The van der Waals surface area contributed by atoms with Crippen molar-refractivity contribution in [2.75, 3.05) is 20.3 Å². The Hall–Kier alpha value is -1.99. The first-order chi connectivity index (χ1) is 9.49. The third-order valence-corrected chi connectivity index (χ3v) is 2.91. The minimum Gasteiger partial charge on any atom is -0.394 e. The summed E-state index contributed by atoms with van der Waals surface area (Å²) in [5, 5.41) is 22.4. The summed E-state index contributed by atoms with van der Waals surface area (Å²) >= 11 is 0. The summed E-state index contributed by atoms with van der Waals surface area (Å²) in [5.74, 6) is -0.873. The second-order valence-corrected chi connectivity index (χ2v) is 4.42. The molecule has 2 atom stereocenters. The lowest BCUT2D eigenvalue weighted by atomic mass is 9.99. The summed E-state index contributed by atoms with van der Waals surface area (Å²) < 4.78 is 4.87. The van der Waals surface area contributed by atoms with Crippen molar-refractivity contribution in [1.29, 1.82) is 0 Å². The Labute approximate surface area is 116 Å². The molecule has 0 radical (unpaired) electrons. The Morgan fingerprint density at radius 2 is 2.25 bits per heavy atom. The number of hydrogen-bond donors (Lipinski definition) is 2.